The Hall–Kier alpha value is -2.80. The average Bonchev–Trinajstić information content (AvgIpc) is 3.29. The van der Waals surface area contributed by atoms with Crippen LogP contribution in [-0.2, 0) is 0 Å². The molecule has 1 aliphatic rings. The first-order valence-corrected chi connectivity index (χ1v) is 12.9. The molecular formula is C24H32BrF3N8O. The van der Waals surface area contributed by atoms with Crippen LogP contribution in [0.1, 0.15) is 5.56 Å². The number of alkyl halides is 3. The highest BCUT2D eigenvalue weighted by molar-refractivity contribution is 9.10. The van der Waals surface area contributed by atoms with E-state index in [0.717, 1.165) is 34.7 Å². The number of benzene rings is 1. The van der Waals surface area contributed by atoms with Gasteiger partial charge in [0, 0.05) is 62.8 Å². The number of likely N-dealkylation sites (N-methyl/N-ethyl adjacent to an activating group) is 1. The summed E-state index contributed by atoms with van der Waals surface area (Å²) in [5.74, 6) is 1.17. The van der Waals surface area contributed by atoms with Crippen LogP contribution >= 0.6 is 15.9 Å². The van der Waals surface area contributed by atoms with Gasteiger partial charge in [0.15, 0.2) is 5.65 Å². The number of rotatable bonds is 11. The second-order valence-corrected chi connectivity index (χ2v) is 10.2. The van der Waals surface area contributed by atoms with E-state index >= 15 is 0 Å². The molecule has 2 N–H and O–H groups in total. The number of nitrogens with one attached hydrogen (secondary N) is 2. The number of hydrogen-bond acceptors (Lipinski definition) is 8. The molecule has 0 bridgehead atoms. The number of ether oxygens (including phenoxy) is 1. The Balaban J connectivity index is 1.55. The van der Waals surface area contributed by atoms with Crippen molar-refractivity contribution in [1.82, 2.24) is 25.1 Å². The lowest BCUT2D eigenvalue weighted by atomic mass is 10.1. The monoisotopic (exact) mass is 584 g/mol. The van der Waals surface area contributed by atoms with Gasteiger partial charge in [0.05, 0.1) is 5.39 Å². The Bertz CT molecular complexity index is 1200. The molecule has 0 amide bonds. The quantitative estimate of drug-likeness (QED) is 0.352. The first-order valence-electron chi connectivity index (χ1n) is 12.1. The summed E-state index contributed by atoms with van der Waals surface area (Å²) >= 11 is 3.47. The maximum absolute atomic E-state index is 14.3. The van der Waals surface area contributed by atoms with Gasteiger partial charge in [-0.25, -0.2) is 23.1 Å². The van der Waals surface area contributed by atoms with Gasteiger partial charge >= 0.3 is 0 Å². The van der Waals surface area contributed by atoms with E-state index in [0.29, 0.717) is 48.7 Å². The maximum atomic E-state index is 14.3. The largest absolute Gasteiger partial charge is 0.490 e. The Labute approximate surface area is 222 Å². The third kappa shape index (κ3) is 6.20. The highest BCUT2D eigenvalue weighted by atomic mass is 79.9. The molecular weight excluding hydrogens is 553 g/mol. The van der Waals surface area contributed by atoms with Crippen LogP contribution in [0.5, 0.6) is 5.75 Å². The van der Waals surface area contributed by atoms with E-state index in [9.17, 15) is 13.2 Å². The van der Waals surface area contributed by atoms with Gasteiger partial charge in [0.1, 0.15) is 42.5 Å². The van der Waals surface area contributed by atoms with Gasteiger partial charge in [-0.2, -0.15) is 5.10 Å². The van der Waals surface area contributed by atoms with Crippen molar-refractivity contribution in [3.8, 4) is 5.75 Å². The molecule has 3 heterocycles. The zero-order valence-corrected chi connectivity index (χ0v) is 22.8. The highest BCUT2D eigenvalue weighted by Crippen LogP contribution is 2.35. The van der Waals surface area contributed by atoms with Gasteiger partial charge in [-0.05, 0) is 42.5 Å². The Morgan fingerprint density at radius 2 is 1.84 bits per heavy atom. The number of anilines is 3. The van der Waals surface area contributed by atoms with Crippen LogP contribution in [0.2, 0.25) is 0 Å². The predicted octanol–water partition coefficient (Wildman–Crippen LogP) is 3.75. The zero-order valence-electron chi connectivity index (χ0n) is 21.2. The topological polar surface area (TPSA) is 85.4 Å². The molecule has 3 aromatic rings. The van der Waals surface area contributed by atoms with Gasteiger partial charge in [-0.3, -0.25) is 5.10 Å². The molecule has 0 saturated carbocycles. The fourth-order valence-corrected chi connectivity index (χ4v) is 4.67. The van der Waals surface area contributed by atoms with Crippen LogP contribution in [0.25, 0.3) is 11.0 Å². The van der Waals surface area contributed by atoms with Crippen molar-refractivity contribution < 1.29 is 17.9 Å². The Morgan fingerprint density at radius 1 is 1.14 bits per heavy atom. The summed E-state index contributed by atoms with van der Waals surface area (Å²) in [6.07, 6.45) is 1.52. The van der Waals surface area contributed by atoms with E-state index in [-0.39, 0.29) is 0 Å². The van der Waals surface area contributed by atoms with Crippen LogP contribution in [0.4, 0.5) is 30.4 Å². The van der Waals surface area contributed by atoms with Crippen molar-refractivity contribution in [3.05, 3.63) is 28.6 Å². The number of aromatic amines is 1. The molecule has 1 saturated heterocycles. The van der Waals surface area contributed by atoms with E-state index < -0.39 is 25.6 Å². The summed E-state index contributed by atoms with van der Waals surface area (Å²) in [6, 6.07) is 3.57. The fourth-order valence-electron chi connectivity index (χ4n) is 4.22. The SMILES string of the molecule is Cc1c(NCCN(C)C)cc(OCC(F)(CF)CF)cc1N1CCN(c2ncnc3[nH]nc(Br)c23)CC1. The van der Waals surface area contributed by atoms with E-state index in [4.69, 9.17) is 4.74 Å². The fraction of sp³-hybridized carbons (Fsp3) is 0.542. The van der Waals surface area contributed by atoms with E-state index in [1.54, 1.807) is 6.07 Å². The summed E-state index contributed by atoms with van der Waals surface area (Å²) in [4.78, 5) is 15.2. The standard InChI is InChI=1S/C24H32BrF3N8O/c1-16-18(29-4-5-34(2)3)10-17(37-14-24(28,12-26)13-27)11-19(16)35-6-8-36(9-7-35)23-20-21(25)32-33-22(20)30-15-31-23/h10-11,15,29H,4-9,12-14H2,1-3H3,(H,30,31,32,33). The van der Waals surface area contributed by atoms with Crippen LogP contribution in [-0.4, -0.2) is 104 Å². The second kappa shape index (κ2) is 11.7. The summed E-state index contributed by atoms with van der Waals surface area (Å²) in [5, 5.41) is 11.3. The normalized spacial score (nSPS) is 14.6. The van der Waals surface area contributed by atoms with E-state index in [1.807, 2.05) is 27.1 Å². The van der Waals surface area contributed by atoms with Gasteiger partial charge in [-0.15, -0.1) is 0 Å². The molecule has 13 heteroatoms. The molecule has 0 atom stereocenters. The number of piperazine rings is 1. The second-order valence-electron chi connectivity index (χ2n) is 9.46. The first-order chi connectivity index (χ1) is 17.7. The van der Waals surface area contributed by atoms with E-state index in [2.05, 4.69) is 56.1 Å². The van der Waals surface area contributed by atoms with E-state index in [1.165, 1.54) is 6.33 Å². The van der Waals surface area contributed by atoms with Gasteiger partial charge in [-0.1, -0.05) is 0 Å². The minimum Gasteiger partial charge on any atom is -0.490 e. The molecule has 9 nitrogen and oxygen atoms in total. The maximum Gasteiger partial charge on any atom is 0.200 e. The van der Waals surface area contributed by atoms with Crippen molar-refractivity contribution >= 4 is 44.2 Å². The predicted molar refractivity (Wildman–Crippen MR) is 143 cm³/mol. The number of halogens is 4. The van der Waals surface area contributed by atoms with Gasteiger partial charge in [0.25, 0.3) is 0 Å². The lowest BCUT2D eigenvalue weighted by Crippen LogP contribution is -2.47. The zero-order chi connectivity index (χ0) is 26.6. The lowest BCUT2D eigenvalue weighted by Gasteiger charge is -2.38. The number of nitrogens with zero attached hydrogens (tertiary/aromatic N) is 6. The summed E-state index contributed by atoms with van der Waals surface area (Å²) in [5.41, 5.74) is 0.788. The van der Waals surface area contributed by atoms with Crippen LogP contribution in [0, 0.1) is 6.92 Å². The Morgan fingerprint density at radius 3 is 2.51 bits per heavy atom. The third-order valence-electron chi connectivity index (χ3n) is 6.42. The first kappa shape index (κ1) is 27.2. The van der Waals surface area contributed by atoms with Gasteiger partial charge < -0.3 is 24.8 Å². The lowest BCUT2D eigenvalue weighted by molar-refractivity contribution is 0.0351. The van der Waals surface area contributed by atoms with Crippen molar-refractivity contribution in [2.45, 2.75) is 12.6 Å². The average molecular weight is 585 g/mol. The summed E-state index contributed by atoms with van der Waals surface area (Å²) in [6.45, 7) is 2.74. The molecule has 2 aromatic heterocycles. The summed E-state index contributed by atoms with van der Waals surface area (Å²) in [7, 11) is 3.97. The Kier molecular flexibility index (Phi) is 8.63. The number of fused-ring (bicyclic) bond motifs is 1. The molecule has 1 aromatic carbocycles. The minimum absolute atomic E-state index is 0.360. The molecule has 1 fully saturated rings. The number of H-pyrrole nitrogens is 1. The molecule has 0 spiro atoms. The van der Waals surface area contributed by atoms with Crippen LogP contribution < -0.4 is 19.9 Å². The number of hydrogen-bond donors (Lipinski definition) is 2. The van der Waals surface area contributed by atoms with Crippen molar-refractivity contribution in [3.63, 3.8) is 0 Å². The van der Waals surface area contributed by atoms with Crippen molar-refractivity contribution in [2.24, 2.45) is 0 Å². The minimum atomic E-state index is -2.65. The van der Waals surface area contributed by atoms with Crippen LogP contribution in [0.15, 0.2) is 23.1 Å². The molecule has 202 valence electrons. The molecule has 0 radical (unpaired) electrons. The van der Waals surface area contributed by atoms with Gasteiger partial charge in [0.2, 0.25) is 5.67 Å². The van der Waals surface area contributed by atoms with Crippen LogP contribution in [0.3, 0.4) is 0 Å². The van der Waals surface area contributed by atoms with Crippen molar-refractivity contribution in [2.75, 3.05) is 88.4 Å². The molecule has 1 aliphatic heterocycles. The summed E-state index contributed by atoms with van der Waals surface area (Å²) < 4.78 is 46.6. The molecule has 0 aliphatic carbocycles. The third-order valence-corrected chi connectivity index (χ3v) is 6.99. The smallest absolute Gasteiger partial charge is 0.200 e. The molecule has 0 unspecified atom stereocenters. The highest BCUT2D eigenvalue weighted by Gasteiger charge is 2.32. The number of aromatic nitrogens is 4. The van der Waals surface area contributed by atoms with Crippen molar-refractivity contribution in [1.29, 1.82) is 0 Å². The molecule has 4 rings (SSSR count). The molecule has 37 heavy (non-hydrogen) atoms.